The maximum atomic E-state index is 11.8. The number of esters is 1. The SMILES string of the molecule is CCOC(=O)C(N)CCSCC(=O)Nc1ccccc1Br. The Morgan fingerprint density at radius 3 is 2.81 bits per heavy atom. The summed E-state index contributed by atoms with van der Waals surface area (Å²) in [7, 11) is 0. The Morgan fingerprint density at radius 1 is 1.43 bits per heavy atom. The van der Waals surface area contributed by atoms with Gasteiger partial charge in [0.25, 0.3) is 0 Å². The van der Waals surface area contributed by atoms with E-state index in [4.69, 9.17) is 10.5 Å². The number of para-hydroxylation sites is 1. The number of nitrogens with two attached hydrogens (primary N) is 1. The number of halogens is 1. The molecule has 0 aromatic heterocycles. The maximum absolute atomic E-state index is 11.8. The van der Waals surface area contributed by atoms with E-state index >= 15 is 0 Å². The highest BCUT2D eigenvalue weighted by Gasteiger charge is 2.14. The minimum absolute atomic E-state index is 0.0865. The monoisotopic (exact) mass is 374 g/mol. The molecule has 0 radical (unpaired) electrons. The summed E-state index contributed by atoms with van der Waals surface area (Å²) in [4.78, 5) is 23.1. The number of rotatable bonds is 8. The lowest BCUT2D eigenvalue weighted by Crippen LogP contribution is -2.32. The van der Waals surface area contributed by atoms with E-state index in [1.165, 1.54) is 11.8 Å². The summed E-state index contributed by atoms with van der Waals surface area (Å²) in [5, 5.41) is 2.81. The average Bonchev–Trinajstić information content (AvgIpc) is 2.46. The fourth-order valence-corrected chi connectivity index (χ4v) is 2.70. The number of benzene rings is 1. The second-order valence-corrected chi connectivity index (χ2v) is 6.19. The number of amides is 1. The van der Waals surface area contributed by atoms with Crippen molar-refractivity contribution >= 4 is 45.3 Å². The molecule has 0 spiro atoms. The quantitative estimate of drug-likeness (QED) is 0.539. The Balaban J connectivity index is 2.22. The minimum Gasteiger partial charge on any atom is -0.465 e. The van der Waals surface area contributed by atoms with Crippen LogP contribution in [0.1, 0.15) is 13.3 Å². The number of nitrogens with one attached hydrogen (secondary N) is 1. The van der Waals surface area contributed by atoms with E-state index < -0.39 is 12.0 Å². The third-order valence-corrected chi connectivity index (χ3v) is 4.23. The Morgan fingerprint density at radius 2 is 2.14 bits per heavy atom. The first-order valence-corrected chi connectivity index (χ1v) is 8.53. The lowest BCUT2D eigenvalue weighted by molar-refractivity contribution is -0.144. The Bertz CT molecular complexity index is 485. The predicted octanol–water partition coefficient (Wildman–Crippen LogP) is 2.40. The van der Waals surface area contributed by atoms with Gasteiger partial charge in [-0.25, -0.2) is 0 Å². The van der Waals surface area contributed by atoms with Crippen molar-refractivity contribution in [1.82, 2.24) is 0 Å². The average molecular weight is 375 g/mol. The second-order valence-electron chi connectivity index (χ2n) is 4.23. The summed E-state index contributed by atoms with van der Waals surface area (Å²) in [5.41, 5.74) is 6.41. The van der Waals surface area contributed by atoms with Crippen molar-refractivity contribution in [3.05, 3.63) is 28.7 Å². The van der Waals surface area contributed by atoms with E-state index in [0.29, 0.717) is 24.5 Å². The molecular formula is C14H19BrN2O3S. The smallest absolute Gasteiger partial charge is 0.322 e. The molecule has 1 atom stereocenters. The molecule has 0 fully saturated rings. The van der Waals surface area contributed by atoms with Crippen molar-refractivity contribution in [3.63, 3.8) is 0 Å². The van der Waals surface area contributed by atoms with Gasteiger partial charge in [0, 0.05) is 4.47 Å². The Hall–Kier alpha value is -1.05. The van der Waals surface area contributed by atoms with Crippen LogP contribution >= 0.6 is 27.7 Å². The van der Waals surface area contributed by atoms with Crippen LogP contribution in [0.25, 0.3) is 0 Å². The molecule has 1 unspecified atom stereocenters. The number of thioether (sulfide) groups is 1. The van der Waals surface area contributed by atoms with Crippen molar-refractivity contribution in [3.8, 4) is 0 Å². The molecule has 1 rings (SSSR count). The Kier molecular flexibility index (Phi) is 8.41. The summed E-state index contributed by atoms with van der Waals surface area (Å²) in [5.74, 6) is 0.465. The lowest BCUT2D eigenvalue weighted by atomic mass is 10.2. The first-order chi connectivity index (χ1) is 10.0. The lowest BCUT2D eigenvalue weighted by Gasteiger charge is -2.10. The summed E-state index contributed by atoms with van der Waals surface area (Å²) >= 11 is 4.80. The number of anilines is 1. The topological polar surface area (TPSA) is 81.4 Å². The van der Waals surface area contributed by atoms with Crippen LogP contribution in [0.3, 0.4) is 0 Å². The molecule has 0 aliphatic rings. The van der Waals surface area contributed by atoms with E-state index in [2.05, 4.69) is 21.2 Å². The molecule has 1 aromatic rings. The molecule has 1 amide bonds. The van der Waals surface area contributed by atoms with Gasteiger partial charge in [0.05, 0.1) is 18.0 Å². The van der Waals surface area contributed by atoms with Gasteiger partial charge in [0.2, 0.25) is 5.91 Å². The summed E-state index contributed by atoms with van der Waals surface area (Å²) in [6.07, 6.45) is 0.492. The molecule has 0 aliphatic carbocycles. The minimum atomic E-state index is -0.622. The summed E-state index contributed by atoms with van der Waals surface area (Å²) in [6.45, 7) is 2.07. The van der Waals surface area contributed by atoms with Crippen LogP contribution in [0.5, 0.6) is 0 Å². The van der Waals surface area contributed by atoms with E-state index in [1.807, 2.05) is 24.3 Å². The van der Waals surface area contributed by atoms with Gasteiger partial charge >= 0.3 is 5.97 Å². The molecule has 21 heavy (non-hydrogen) atoms. The van der Waals surface area contributed by atoms with Gasteiger partial charge in [-0.3, -0.25) is 9.59 Å². The van der Waals surface area contributed by atoms with Crippen molar-refractivity contribution in [2.45, 2.75) is 19.4 Å². The molecule has 1 aromatic carbocycles. The second kappa shape index (κ2) is 9.81. The first-order valence-electron chi connectivity index (χ1n) is 6.59. The van der Waals surface area contributed by atoms with E-state index in [-0.39, 0.29) is 5.91 Å². The number of carbonyl (C=O) groups is 2. The fraction of sp³-hybridized carbons (Fsp3) is 0.429. The fourth-order valence-electron chi connectivity index (χ4n) is 1.49. The normalized spacial score (nSPS) is 11.8. The zero-order valence-corrected chi connectivity index (χ0v) is 14.2. The van der Waals surface area contributed by atoms with E-state index in [1.54, 1.807) is 6.92 Å². The van der Waals surface area contributed by atoms with Gasteiger partial charge in [-0.2, -0.15) is 11.8 Å². The highest BCUT2D eigenvalue weighted by Crippen LogP contribution is 2.21. The molecule has 116 valence electrons. The number of carbonyl (C=O) groups excluding carboxylic acids is 2. The van der Waals surface area contributed by atoms with Gasteiger partial charge < -0.3 is 15.8 Å². The van der Waals surface area contributed by atoms with Crippen LogP contribution in [0.2, 0.25) is 0 Å². The van der Waals surface area contributed by atoms with Crippen LogP contribution in [-0.4, -0.2) is 36.0 Å². The van der Waals surface area contributed by atoms with Gasteiger partial charge in [0.1, 0.15) is 6.04 Å². The first kappa shape index (κ1) is 18.0. The van der Waals surface area contributed by atoms with E-state index in [0.717, 1.165) is 10.2 Å². The predicted molar refractivity (Wildman–Crippen MR) is 89.3 cm³/mol. The third kappa shape index (κ3) is 6.97. The standard InChI is InChI=1S/C14H19BrN2O3S/c1-2-20-14(19)11(16)7-8-21-9-13(18)17-12-6-4-3-5-10(12)15/h3-6,11H,2,7-9,16H2,1H3,(H,17,18). The molecule has 0 saturated heterocycles. The summed E-state index contributed by atoms with van der Waals surface area (Å²) in [6, 6.07) is 6.80. The summed E-state index contributed by atoms with van der Waals surface area (Å²) < 4.78 is 5.66. The molecule has 0 aliphatic heterocycles. The molecule has 0 saturated carbocycles. The van der Waals surface area contributed by atoms with Crippen molar-refractivity contribution in [2.75, 3.05) is 23.4 Å². The van der Waals surface area contributed by atoms with E-state index in [9.17, 15) is 9.59 Å². The van der Waals surface area contributed by atoms with Crippen molar-refractivity contribution < 1.29 is 14.3 Å². The largest absolute Gasteiger partial charge is 0.465 e. The maximum Gasteiger partial charge on any atom is 0.322 e. The van der Waals surface area contributed by atoms with Crippen LogP contribution in [0, 0.1) is 0 Å². The van der Waals surface area contributed by atoms with Gasteiger partial charge in [-0.15, -0.1) is 0 Å². The molecule has 5 nitrogen and oxygen atoms in total. The van der Waals surface area contributed by atoms with Gasteiger partial charge in [-0.1, -0.05) is 12.1 Å². The molecule has 3 N–H and O–H groups in total. The van der Waals surface area contributed by atoms with Crippen LogP contribution < -0.4 is 11.1 Å². The number of hydrogen-bond donors (Lipinski definition) is 2. The van der Waals surface area contributed by atoms with Crippen molar-refractivity contribution in [1.29, 1.82) is 0 Å². The zero-order chi connectivity index (χ0) is 15.7. The molecule has 0 heterocycles. The van der Waals surface area contributed by atoms with Crippen LogP contribution in [0.15, 0.2) is 28.7 Å². The Labute approximate surface area is 137 Å². The van der Waals surface area contributed by atoms with Crippen LogP contribution in [-0.2, 0) is 14.3 Å². The van der Waals surface area contributed by atoms with Crippen molar-refractivity contribution in [2.24, 2.45) is 5.73 Å². The number of hydrogen-bond acceptors (Lipinski definition) is 5. The molecule has 0 bridgehead atoms. The molecular weight excluding hydrogens is 356 g/mol. The highest BCUT2D eigenvalue weighted by atomic mass is 79.9. The third-order valence-electron chi connectivity index (χ3n) is 2.54. The number of ether oxygens (including phenoxy) is 1. The molecule has 7 heteroatoms. The van der Waals surface area contributed by atoms with Gasteiger partial charge in [0.15, 0.2) is 0 Å². The highest BCUT2D eigenvalue weighted by molar-refractivity contribution is 9.10. The zero-order valence-electron chi connectivity index (χ0n) is 11.8. The van der Waals surface area contributed by atoms with Crippen LogP contribution in [0.4, 0.5) is 5.69 Å². The van der Waals surface area contributed by atoms with Gasteiger partial charge in [-0.05, 0) is 47.2 Å².